The first-order chi connectivity index (χ1) is 16.5. The molecule has 34 heavy (non-hydrogen) atoms. The summed E-state index contributed by atoms with van der Waals surface area (Å²) in [5.41, 5.74) is 5.59. The van der Waals surface area contributed by atoms with Gasteiger partial charge in [0.05, 0.1) is 39.5 Å². The Morgan fingerprint density at radius 3 is 2.32 bits per heavy atom. The number of rotatable bonds is 3. The molecule has 0 saturated carbocycles. The first-order valence-corrected chi connectivity index (χ1v) is 12.5. The lowest BCUT2D eigenvalue weighted by molar-refractivity contribution is -0.0850. The molecule has 3 unspecified atom stereocenters. The molecule has 1 aliphatic carbocycles. The summed E-state index contributed by atoms with van der Waals surface area (Å²) < 4.78 is 6.35. The van der Waals surface area contributed by atoms with Gasteiger partial charge in [-0.15, -0.1) is 0 Å². The number of ether oxygens (including phenoxy) is 1. The summed E-state index contributed by atoms with van der Waals surface area (Å²) >= 11 is 12.3. The fraction of sp³-hybridized carbons (Fsp3) is 0.333. The molecule has 0 radical (unpaired) electrons. The van der Waals surface area contributed by atoms with Crippen molar-refractivity contribution in [2.45, 2.75) is 31.5 Å². The number of halogens is 2. The number of aromatic nitrogens is 2. The van der Waals surface area contributed by atoms with Crippen LogP contribution in [-0.4, -0.2) is 53.3 Å². The maximum Gasteiger partial charge on any atom is 0.148 e. The van der Waals surface area contributed by atoms with Gasteiger partial charge in [0.1, 0.15) is 5.82 Å². The predicted octanol–water partition coefficient (Wildman–Crippen LogP) is 5.84. The molecule has 3 atom stereocenters. The van der Waals surface area contributed by atoms with E-state index in [1.165, 1.54) is 16.8 Å². The molecule has 2 saturated heterocycles. The third-order valence-corrected chi connectivity index (χ3v) is 7.71. The molecule has 2 fully saturated rings. The lowest BCUT2D eigenvalue weighted by Crippen LogP contribution is -2.59. The minimum Gasteiger partial charge on any atom is -0.368 e. The van der Waals surface area contributed by atoms with Crippen molar-refractivity contribution in [1.82, 2.24) is 14.9 Å². The monoisotopic (exact) mass is 492 g/mol. The molecule has 2 aliphatic heterocycles. The van der Waals surface area contributed by atoms with Crippen LogP contribution in [-0.2, 0) is 4.74 Å². The maximum absolute atomic E-state index is 6.35. The van der Waals surface area contributed by atoms with Crippen LogP contribution in [0.5, 0.6) is 0 Å². The zero-order chi connectivity index (χ0) is 23.2. The van der Waals surface area contributed by atoms with Crippen LogP contribution in [0.1, 0.15) is 24.8 Å². The molecule has 3 aromatic rings. The van der Waals surface area contributed by atoms with Gasteiger partial charge in [-0.2, -0.15) is 0 Å². The maximum atomic E-state index is 6.35. The van der Waals surface area contributed by atoms with Gasteiger partial charge in [-0.1, -0.05) is 65.7 Å². The molecule has 2 aromatic carbocycles. The molecule has 5 nitrogen and oxygen atoms in total. The number of hydrogen-bond donors (Lipinski definition) is 0. The van der Waals surface area contributed by atoms with E-state index in [1.54, 1.807) is 12.1 Å². The molecule has 6 rings (SSSR count). The minimum atomic E-state index is 0.115. The number of hydrogen-bond acceptors (Lipinski definition) is 5. The predicted molar refractivity (Wildman–Crippen MR) is 138 cm³/mol. The second-order valence-electron chi connectivity index (χ2n) is 9.37. The molecule has 174 valence electrons. The summed E-state index contributed by atoms with van der Waals surface area (Å²) in [4.78, 5) is 14.2. The third-order valence-electron chi connectivity index (χ3n) is 6.99. The summed E-state index contributed by atoms with van der Waals surface area (Å²) in [5.74, 6) is 1.28. The Bertz CT molecular complexity index is 1280. The van der Waals surface area contributed by atoms with Gasteiger partial charge in [-0.05, 0) is 36.6 Å². The Morgan fingerprint density at radius 1 is 0.912 bits per heavy atom. The van der Waals surface area contributed by atoms with Gasteiger partial charge in [-0.3, -0.25) is 4.98 Å². The van der Waals surface area contributed by atoms with E-state index >= 15 is 0 Å². The van der Waals surface area contributed by atoms with Gasteiger partial charge in [0.2, 0.25) is 0 Å². The van der Waals surface area contributed by atoms with Crippen molar-refractivity contribution in [3.8, 4) is 0 Å². The number of anilines is 1. The van der Waals surface area contributed by atoms with Crippen LogP contribution in [0.3, 0.4) is 0 Å². The summed E-state index contributed by atoms with van der Waals surface area (Å²) in [7, 11) is 0. The molecule has 7 heteroatoms. The van der Waals surface area contributed by atoms with E-state index in [0.717, 1.165) is 49.5 Å². The number of fused-ring (bicyclic) bond motifs is 3. The van der Waals surface area contributed by atoms with Crippen LogP contribution in [0.15, 0.2) is 72.1 Å². The fourth-order valence-corrected chi connectivity index (χ4v) is 5.63. The second kappa shape index (κ2) is 8.88. The van der Waals surface area contributed by atoms with Gasteiger partial charge in [-0.25, -0.2) is 4.98 Å². The molecule has 0 spiro atoms. The summed E-state index contributed by atoms with van der Waals surface area (Å²) in [6.45, 7) is 5.54. The Kier molecular flexibility index (Phi) is 5.72. The van der Waals surface area contributed by atoms with Crippen LogP contribution in [0.4, 0.5) is 5.82 Å². The van der Waals surface area contributed by atoms with Crippen molar-refractivity contribution in [1.29, 1.82) is 0 Å². The van der Waals surface area contributed by atoms with Crippen LogP contribution >= 0.6 is 23.2 Å². The fourth-order valence-electron chi connectivity index (χ4n) is 5.31. The number of morpholine rings is 2. The average molecular weight is 493 g/mol. The van der Waals surface area contributed by atoms with Crippen molar-refractivity contribution in [3.63, 3.8) is 0 Å². The van der Waals surface area contributed by atoms with Gasteiger partial charge in [0.15, 0.2) is 0 Å². The Hall–Kier alpha value is -2.60. The van der Waals surface area contributed by atoms with E-state index in [4.69, 9.17) is 32.9 Å². The molecule has 2 bridgehead atoms. The van der Waals surface area contributed by atoms with Gasteiger partial charge >= 0.3 is 0 Å². The van der Waals surface area contributed by atoms with Crippen molar-refractivity contribution in [3.05, 3.63) is 87.7 Å². The quantitative estimate of drug-likeness (QED) is 0.458. The molecule has 0 N–H and O–H groups in total. The van der Waals surface area contributed by atoms with E-state index in [-0.39, 0.29) is 12.2 Å². The smallest absolute Gasteiger partial charge is 0.148 e. The second-order valence-corrected chi connectivity index (χ2v) is 10.2. The van der Waals surface area contributed by atoms with Crippen molar-refractivity contribution < 1.29 is 4.74 Å². The van der Waals surface area contributed by atoms with Crippen LogP contribution in [0, 0.1) is 0 Å². The molecule has 3 aliphatic rings. The first kappa shape index (κ1) is 21.9. The van der Waals surface area contributed by atoms with Crippen molar-refractivity contribution in [2.24, 2.45) is 0 Å². The van der Waals surface area contributed by atoms with Crippen LogP contribution < -0.4 is 4.90 Å². The highest BCUT2D eigenvalue weighted by atomic mass is 35.5. The van der Waals surface area contributed by atoms with E-state index in [2.05, 4.69) is 64.2 Å². The lowest BCUT2D eigenvalue weighted by Gasteiger charge is -2.48. The number of nitrogens with zero attached hydrogens (tertiary/aromatic N) is 4. The van der Waals surface area contributed by atoms with E-state index in [0.29, 0.717) is 16.0 Å². The normalized spacial score (nSPS) is 24.7. The minimum absolute atomic E-state index is 0.115. The SMILES string of the molecule is CC1=CCC(c2ccccc2)C=C1N1CC2CN(c3cnc4cc(Cl)c(Cl)cc4n3)CC(C1)O2. The molecular formula is C27H26Cl2N4O. The largest absolute Gasteiger partial charge is 0.368 e. The summed E-state index contributed by atoms with van der Waals surface area (Å²) in [5, 5.41) is 0.987. The standard InChI is InChI=1S/C27H26Cl2N4O/c1-17-7-8-19(18-5-3-2-4-6-18)9-26(17)32-13-20-15-33(16-21(14-32)34-20)27-12-30-24-10-22(28)23(29)11-25(24)31-27/h2-7,9-12,19-21H,8,13-16H2,1H3. The van der Waals surface area contributed by atoms with E-state index in [1.807, 2.05) is 6.20 Å². The van der Waals surface area contributed by atoms with E-state index in [9.17, 15) is 0 Å². The van der Waals surface area contributed by atoms with Crippen LogP contribution in [0.2, 0.25) is 10.0 Å². The lowest BCUT2D eigenvalue weighted by atomic mass is 9.88. The van der Waals surface area contributed by atoms with E-state index < -0.39 is 0 Å². The Morgan fingerprint density at radius 2 is 1.59 bits per heavy atom. The molecule has 1 aromatic heterocycles. The average Bonchev–Trinajstić information content (AvgIpc) is 2.84. The number of allylic oxidation sites excluding steroid dienone is 3. The van der Waals surface area contributed by atoms with Crippen LogP contribution in [0.25, 0.3) is 11.0 Å². The highest BCUT2D eigenvalue weighted by Gasteiger charge is 2.37. The Labute approximate surface area is 209 Å². The summed E-state index contributed by atoms with van der Waals surface area (Å²) in [6.07, 6.45) is 7.95. The topological polar surface area (TPSA) is 41.5 Å². The highest BCUT2D eigenvalue weighted by molar-refractivity contribution is 6.42. The molecule has 3 heterocycles. The highest BCUT2D eigenvalue weighted by Crippen LogP contribution is 2.35. The number of benzene rings is 2. The van der Waals surface area contributed by atoms with Gasteiger partial charge in [0.25, 0.3) is 0 Å². The zero-order valence-corrected chi connectivity index (χ0v) is 20.5. The van der Waals surface area contributed by atoms with Crippen molar-refractivity contribution >= 4 is 40.1 Å². The first-order valence-electron chi connectivity index (χ1n) is 11.7. The summed E-state index contributed by atoms with van der Waals surface area (Å²) in [6, 6.07) is 14.3. The Balaban J connectivity index is 1.21. The molecule has 0 amide bonds. The van der Waals surface area contributed by atoms with Crippen molar-refractivity contribution in [2.75, 3.05) is 31.1 Å². The third kappa shape index (κ3) is 4.17. The zero-order valence-electron chi connectivity index (χ0n) is 19.0. The van der Waals surface area contributed by atoms with Gasteiger partial charge in [0, 0.05) is 37.8 Å². The molecular weight excluding hydrogens is 467 g/mol. The van der Waals surface area contributed by atoms with Gasteiger partial charge < -0.3 is 14.5 Å².